The molecule has 1 fully saturated rings. The summed E-state index contributed by atoms with van der Waals surface area (Å²) in [5.74, 6) is 5.54. The van der Waals surface area contributed by atoms with Gasteiger partial charge in [-0.3, -0.25) is 4.79 Å². The lowest BCUT2D eigenvalue weighted by Gasteiger charge is -2.19. The third-order valence-electron chi connectivity index (χ3n) is 5.42. The van der Waals surface area contributed by atoms with Crippen molar-refractivity contribution in [3.05, 3.63) is 59.1 Å². The molecule has 1 aliphatic carbocycles. The van der Waals surface area contributed by atoms with Crippen LogP contribution in [-0.2, 0) is 12.8 Å². The molecule has 0 spiro atoms. The molecular weight excluding hydrogens is 340 g/mol. The first-order valence-corrected chi connectivity index (χ1v) is 9.06. The Balaban J connectivity index is 1.70. The fourth-order valence-corrected chi connectivity index (χ4v) is 3.80. The average molecular weight is 362 g/mol. The third kappa shape index (κ3) is 2.90. The van der Waals surface area contributed by atoms with E-state index in [9.17, 15) is 9.90 Å². The summed E-state index contributed by atoms with van der Waals surface area (Å²) < 4.78 is 1.80. The van der Waals surface area contributed by atoms with Gasteiger partial charge in [0.15, 0.2) is 11.3 Å². The second-order valence-electron chi connectivity index (χ2n) is 7.18. The Hall–Kier alpha value is -3.04. The topological polar surface area (TPSA) is 84.4 Å². The number of carbonyl (C=O) groups is 1. The second-order valence-corrected chi connectivity index (χ2v) is 7.18. The molecule has 1 atom stereocenters. The van der Waals surface area contributed by atoms with Crippen LogP contribution in [0.4, 0.5) is 0 Å². The number of aromatic nitrogens is 2. The van der Waals surface area contributed by atoms with E-state index >= 15 is 0 Å². The van der Waals surface area contributed by atoms with Crippen LogP contribution in [0.2, 0.25) is 0 Å². The van der Waals surface area contributed by atoms with Crippen LogP contribution in [0.15, 0.2) is 36.5 Å². The molecule has 3 N–H and O–H groups in total. The molecule has 1 aliphatic heterocycles. The van der Waals surface area contributed by atoms with Crippen LogP contribution < -0.4 is 5.73 Å². The molecule has 138 valence electrons. The lowest BCUT2D eigenvalue weighted by molar-refractivity contribution is 0.0994. The van der Waals surface area contributed by atoms with Gasteiger partial charge in [-0.15, -0.1) is 0 Å². The molecule has 0 radical (unpaired) electrons. The number of amides is 1. The summed E-state index contributed by atoms with van der Waals surface area (Å²) >= 11 is 0. The number of aliphatic hydroxyl groups is 1. The molecule has 6 heteroatoms. The number of primary amides is 1. The van der Waals surface area contributed by atoms with E-state index in [4.69, 9.17) is 5.73 Å². The van der Waals surface area contributed by atoms with Crippen LogP contribution >= 0.6 is 0 Å². The van der Waals surface area contributed by atoms with Gasteiger partial charge in [0.1, 0.15) is 0 Å². The van der Waals surface area contributed by atoms with Crippen LogP contribution in [-0.4, -0.2) is 44.9 Å². The van der Waals surface area contributed by atoms with Gasteiger partial charge in [0.25, 0.3) is 5.91 Å². The average Bonchev–Trinajstić information content (AvgIpc) is 3.32. The maximum Gasteiger partial charge on any atom is 0.269 e. The summed E-state index contributed by atoms with van der Waals surface area (Å²) in [5, 5.41) is 15.1. The molecule has 4 rings (SSSR count). The minimum Gasteiger partial charge on any atom is -0.375 e. The Morgan fingerprint density at radius 2 is 2.22 bits per heavy atom. The van der Waals surface area contributed by atoms with Gasteiger partial charge < -0.3 is 15.7 Å². The Kier molecular flexibility index (Phi) is 4.05. The molecule has 2 heterocycles. The summed E-state index contributed by atoms with van der Waals surface area (Å²) in [6.07, 6.45) is 3.24. The lowest BCUT2D eigenvalue weighted by atomic mass is 10.0. The molecule has 0 saturated carbocycles. The van der Waals surface area contributed by atoms with E-state index in [1.807, 2.05) is 36.2 Å². The Morgan fingerprint density at radius 1 is 1.41 bits per heavy atom. The summed E-state index contributed by atoms with van der Waals surface area (Å²) in [6.45, 7) is 4.68. The van der Waals surface area contributed by atoms with Crippen LogP contribution in [0, 0.1) is 11.8 Å². The van der Waals surface area contributed by atoms with E-state index < -0.39 is 11.5 Å². The molecule has 0 unspecified atom stereocenters. The molecule has 1 amide bonds. The molecule has 6 nitrogen and oxygen atoms in total. The number of hydrogen-bond acceptors (Lipinski definition) is 4. The SMILES string of the molecule is C=C1N(C)CC[C@@]1(O)C#Cc1cccc(-n2nc(C(N)=O)c3c2CCC3)c1. The molecular formula is C21H22N4O2. The first-order chi connectivity index (χ1) is 12.9. The molecule has 1 saturated heterocycles. The number of carbonyl (C=O) groups excluding carboxylic acids is 1. The van der Waals surface area contributed by atoms with Crippen LogP contribution in [0.1, 0.15) is 40.2 Å². The number of nitrogens with zero attached hydrogens (tertiary/aromatic N) is 3. The van der Waals surface area contributed by atoms with Crippen molar-refractivity contribution in [2.24, 2.45) is 5.73 Å². The Bertz CT molecular complexity index is 1010. The number of benzene rings is 1. The van der Waals surface area contributed by atoms with Gasteiger partial charge in [-0.1, -0.05) is 24.5 Å². The van der Waals surface area contributed by atoms with E-state index in [-0.39, 0.29) is 0 Å². The Morgan fingerprint density at radius 3 is 2.93 bits per heavy atom. The zero-order chi connectivity index (χ0) is 19.2. The van der Waals surface area contributed by atoms with Gasteiger partial charge in [-0.25, -0.2) is 4.68 Å². The molecule has 1 aromatic carbocycles. The largest absolute Gasteiger partial charge is 0.375 e. The minimum absolute atomic E-state index is 0.360. The van der Waals surface area contributed by atoms with E-state index in [1.54, 1.807) is 4.68 Å². The van der Waals surface area contributed by atoms with E-state index in [0.717, 1.165) is 48.3 Å². The number of nitrogens with two attached hydrogens (primary N) is 1. The van der Waals surface area contributed by atoms with E-state index in [2.05, 4.69) is 23.5 Å². The quantitative estimate of drug-likeness (QED) is 0.791. The number of likely N-dealkylation sites (tertiary alicyclic amines) is 1. The first kappa shape index (κ1) is 17.4. The van der Waals surface area contributed by atoms with Gasteiger partial charge in [-0.2, -0.15) is 5.10 Å². The summed E-state index contributed by atoms with van der Waals surface area (Å²) in [5.41, 5.74) is 8.89. The molecule has 2 aromatic rings. The van der Waals surface area contributed by atoms with E-state index in [0.29, 0.717) is 17.8 Å². The summed E-state index contributed by atoms with van der Waals surface area (Å²) in [7, 11) is 1.90. The van der Waals surface area contributed by atoms with Gasteiger partial charge in [-0.05, 0) is 37.5 Å². The van der Waals surface area contributed by atoms with Gasteiger partial charge in [0.05, 0.1) is 11.4 Å². The number of likely N-dealkylation sites (N-methyl/N-ethyl adjacent to an activating group) is 1. The normalized spacial score (nSPS) is 21.1. The highest BCUT2D eigenvalue weighted by atomic mass is 16.3. The van der Waals surface area contributed by atoms with E-state index in [1.165, 1.54) is 0 Å². The predicted molar refractivity (Wildman–Crippen MR) is 102 cm³/mol. The predicted octanol–water partition coefficient (Wildman–Crippen LogP) is 1.39. The van der Waals surface area contributed by atoms with Crippen molar-refractivity contribution in [2.45, 2.75) is 31.3 Å². The van der Waals surface area contributed by atoms with Crippen molar-refractivity contribution in [3.8, 4) is 17.5 Å². The van der Waals surface area contributed by atoms with Gasteiger partial charge in [0, 0.05) is 36.8 Å². The minimum atomic E-state index is -1.18. The highest BCUT2D eigenvalue weighted by Gasteiger charge is 2.36. The van der Waals surface area contributed by atoms with Crippen molar-refractivity contribution in [1.82, 2.24) is 14.7 Å². The van der Waals surface area contributed by atoms with Crippen molar-refractivity contribution >= 4 is 5.91 Å². The highest BCUT2D eigenvalue weighted by Crippen LogP contribution is 2.30. The monoisotopic (exact) mass is 362 g/mol. The third-order valence-corrected chi connectivity index (χ3v) is 5.42. The smallest absolute Gasteiger partial charge is 0.269 e. The second kappa shape index (κ2) is 6.29. The lowest BCUT2D eigenvalue weighted by Crippen LogP contribution is -2.26. The maximum atomic E-state index is 11.7. The van der Waals surface area contributed by atoms with Gasteiger partial charge >= 0.3 is 0 Å². The van der Waals surface area contributed by atoms with Crippen molar-refractivity contribution in [2.75, 3.05) is 13.6 Å². The zero-order valence-electron chi connectivity index (χ0n) is 15.3. The standard InChI is InChI=1S/C21H22N4O2/c1-14-21(27,11-12-24(14)2)10-9-15-5-3-6-16(13-15)25-18-8-4-7-17(18)19(23-25)20(22)26/h3,5-6,13,27H,1,4,7-8,11-12H2,2H3,(H2,22,26)/t21-/m0/s1. The number of rotatable bonds is 2. The fourth-order valence-electron chi connectivity index (χ4n) is 3.80. The fraction of sp³-hybridized carbons (Fsp3) is 0.333. The maximum absolute atomic E-state index is 11.7. The van der Waals surface area contributed by atoms with Gasteiger partial charge in [0.2, 0.25) is 0 Å². The molecule has 0 bridgehead atoms. The highest BCUT2D eigenvalue weighted by molar-refractivity contribution is 5.92. The van der Waals surface area contributed by atoms with Crippen molar-refractivity contribution in [3.63, 3.8) is 0 Å². The van der Waals surface area contributed by atoms with Crippen LogP contribution in [0.3, 0.4) is 0 Å². The van der Waals surface area contributed by atoms with Crippen molar-refractivity contribution in [1.29, 1.82) is 0 Å². The number of hydrogen-bond donors (Lipinski definition) is 2. The summed E-state index contributed by atoms with van der Waals surface area (Å²) in [4.78, 5) is 13.6. The summed E-state index contributed by atoms with van der Waals surface area (Å²) in [6, 6.07) is 7.62. The van der Waals surface area contributed by atoms with Crippen LogP contribution in [0.25, 0.3) is 5.69 Å². The number of fused-ring (bicyclic) bond motifs is 1. The Labute approximate surface area is 158 Å². The molecule has 2 aliphatic rings. The molecule has 1 aromatic heterocycles. The molecule has 27 heavy (non-hydrogen) atoms. The zero-order valence-corrected chi connectivity index (χ0v) is 15.3. The van der Waals surface area contributed by atoms with Crippen LogP contribution in [0.5, 0.6) is 0 Å². The first-order valence-electron chi connectivity index (χ1n) is 9.06. The van der Waals surface area contributed by atoms with Crippen molar-refractivity contribution < 1.29 is 9.90 Å².